The minimum Gasteiger partial charge on any atom is -0.462 e. The Hall–Kier alpha value is -0.570. The molecule has 11 heavy (non-hydrogen) atoms. The fraction of sp³-hybridized carbons (Fsp3) is 0.875. The molecule has 0 radical (unpaired) electrons. The quantitative estimate of drug-likeness (QED) is 0.514. The van der Waals surface area contributed by atoms with Crippen molar-refractivity contribution in [3.05, 3.63) is 0 Å². The Morgan fingerprint density at radius 2 is 2.27 bits per heavy atom. The monoisotopic (exact) mass is 156 g/mol. The van der Waals surface area contributed by atoms with Crippen molar-refractivity contribution >= 4 is 5.97 Å². The zero-order valence-electron chi connectivity index (χ0n) is 6.49. The molecule has 3 heteroatoms. The summed E-state index contributed by atoms with van der Waals surface area (Å²) in [5.74, 6) is -0.0118. The first kappa shape index (κ1) is 7.10. The van der Waals surface area contributed by atoms with Gasteiger partial charge in [-0.1, -0.05) is 6.92 Å². The maximum absolute atomic E-state index is 11.0. The molecule has 2 bridgehead atoms. The highest BCUT2D eigenvalue weighted by Crippen LogP contribution is 2.37. The molecule has 4 unspecified atom stereocenters. The SMILES string of the molecule is CC1C(O)CC2CC1OC2=O. The van der Waals surface area contributed by atoms with Crippen LogP contribution in [0.15, 0.2) is 0 Å². The summed E-state index contributed by atoms with van der Waals surface area (Å²) in [5, 5.41) is 9.44. The van der Waals surface area contributed by atoms with E-state index in [4.69, 9.17) is 4.74 Å². The van der Waals surface area contributed by atoms with Gasteiger partial charge in [-0.2, -0.15) is 0 Å². The average molecular weight is 156 g/mol. The van der Waals surface area contributed by atoms with Crippen molar-refractivity contribution in [1.82, 2.24) is 0 Å². The van der Waals surface area contributed by atoms with Gasteiger partial charge in [0.05, 0.1) is 12.0 Å². The van der Waals surface area contributed by atoms with Gasteiger partial charge in [-0.25, -0.2) is 0 Å². The molecule has 62 valence electrons. The summed E-state index contributed by atoms with van der Waals surface area (Å²) in [4.78, 5) is 11.0. The Morgan fingerprint density at radius 3 is 3.00 bits per heavy atom. The van der Waals surface area contributed by atoms with Crippen molar-refractivity contribution < 1.29 is 14.6 Å². The number of carbonyl (C=O) groups excluding carboxylic acids is 1. The third-order valence-corrected chi connectivity index (χ3v) is 2.84. The molecule has 1 aliphatic carbocycles. The Labute approximate surface area is 65.4 Å². The summed E-state index contributed by atoms with van der Waals surface area (Å²) in [7, 11) is 0. The van der Waals surface area contributed by atoms with Crippen LogP contribution in [-0.4, -0.2) is 23.3 Å². The van der Waals surface area contributed by atoms with E-state index in [0.29, 0.717) is 6.42 Å². The summed E-state index contributed by atoms with van der Waals surface area (Å²) in [5.41, 5.74) is 0. The lowest BCUT2D eigenvalue weighted by Gasteiger charge is -2.27. The molecule has 2 fully saturated rings. The number of hydrogen-bond donors (Lipinski definition) is 1. The van der Waals surface area contributed by atoms with Gasteiger partial charge in [0.2, 0.25) is 0 Å². The topological polar surface area (TPSA) is 46.5 Å². The number of hydrogen-bond acceptors (Lipinski definition) is 3. The fourth-order valence-corrected chi connectivity index (χ4v) is 1.94. The van der Waals surface area contributed by atoms with E-state index in [1.807, 2.05) is 6.92 Å². The molecule has 1 heterocycles. The van der Waals surface area contributed by atoms with E-state index in [9.17, 15) is 9.90 Å². The number of aliphatic hydroxyl groups excluding tert-OH is 1. The highest BCUT2D eigenvalue weighted by molar-refractivity contribution is 5.75. The number of ether oxygens (including phenoxy) is 1. The van der Waals surface area contributed by atoms with Gasteiger partial charge < -0.3 is 9.84 Å². The zero-order chi connectivity index (χ0) is 8.01. The van der Waals surface area contributed by atoms with E-state index in [1.165, 1.54) is 0 Å². The van der Waals surface area contributed by atoms with Gasteiger partial charge >= 0.3 is 5.97 Å². The van der Waals surface area contributed by atoms with Gasteiger partial charge in [0.15, 0.2) is 0 Å². The number of aliphatic hydroxyl groups is 1. The summed E-state index contributed by atoms with van der Waals surface area (Å²) in [6.45, 7) is 1.93. The van der Waals surface area contributed by atoms with Gasteiger partial charge in [0, 0.05) is 5.92 Å². The summed E-state index contributed by atoms with van der Waals surface area (Å²) < 4.78 is 5.07. The Kier molecular flexibility index (Phi) is 1.42. The average Bonchev–Trinajstić information content (AvgIpc) is 2.26. The molecule has 3 nitrogen and oxygen atoms in total. The van der Waals surface area contributed by atoms with Crippen LogP contribution < -0.4 is 0 Å². The predicted molar refractivity (Wildman–Crippen MR) is 37.8 cm³/mol. The van der Waals surface area contributed by atoms with Gasteiger partial charge in [-0.3, -0.25) is 4.79 Å². The number of esters is 1. The second kappa shape index (κ2) is 2.21. The third-order valence-electron chi connectivity index (χ3n) is 2.84. The summed E-state index contributed by atoms with van der Waals surface area (Å²) >= 11 is 0. The summed E-state index contributed by atoms with van der Waals surface area (Å²) in [6, 6.07) is 0. The highest BCUT2D eigenvalue weighted by atomic mass is 16.6. The molecular formula is C8H12O3. The van der Waals surface area contributed by atoms with Crippen molar-refractivity contribution in [3.8, 4) is 0 Å². The Morgan fingerprint density at radius 1 is 1.55 bits per heavy atom. The Bertz CT molecular complexity index is 190. The number of carbonyl (C=O) groups is 1. The molecule has 1 aliphatic heterocycles. The molecule has 4 atom stereocenters. The van der Waals surface area contributed by atoms with Crippen molar-refractivity contribution in [2.24, 2.45) is 11.8 Å². The van der Waals surface area contributed by atoms with Crippen LogP contribution >= 0.6 is 0 Å². The Balaban J connectivity index is 2.18. The highest BCUT2D eigenvalue weighted by Gasteiger charge is 2.45. The van der Waals surface area contributed by atoms with Gasteiger partial charge in [0.1, 0.15) is 6.10 Å². The molecule has 1 saturated carbocycles. The molecule has 1 N–H and O–H groups in total. The van der Waals surface area contributed by atoms with Crippen LogP contribution in [0.1, 0.15) is 19.8 Å². The molecule has 0 spiro atoms. The van der Waals surface area contributed by atoms with Gasteiger partial charge in [-0.15, -0.1) is 0 Å². The molecule has 2 rings (SSSR count). The lowest BCUT2D eigenvalue weighted by molar-refractivity contribution is -0.144. The minimum absolute atomic E-state index is 0.0174. The van der Waals surface area contributed by atoms with E-state index >= 15 is 0 Å². The smallest absolute Gasteiger partial charge is 0.309 e. The predicted octanol–water partition coefficient (Wildman–Crippen LogP) is 0.319. The van der Waals surface area contributed by atoms with Crippen LogP contribution in [0.3, 0.4) is 0 Å². The van der Waals surface area contributed by atoms with E-state index in [1.54, 1.807) is 0 Å². The first-order valence-corrected chi connectivity index (χ1v) is 4.07. The molecule has 2 aliphatic rings. The van der Waals surface area contributed by atoms with Crippen LogP contribution in [0.4, 0.5) is 0 Å². The van der Waals surface area contributed by atoms with E-state index < -0.39 is 0 Å². The minimum atomic E-state index is -0.342. The lowest BCUT2D eigenvalue weighted by atomic mass is 9.81. The first-order valence-electron chi connectivity index (χ1n) is 4.07. The largest absolute Gasteiger partial charge is 0.462 e. The maximum atomic E-state index is 11.0. The zero-order valence-corrected chi connectivity index (χ0v) is 6.49. The van der Waals surface area contributed by atoms with E-state index in [-0.39, 0.29) is 30.0 Å². The van der Waals surface area contributed by atoms with Crippen LogP contribution in [0.25, 0.3) is 0 Å². The molecule has 1 saturated heterocycles. The van der Waals surface area contributed by atoms with Crippen LogP contribution in [0.5, 0.6) is 0 Å². The van der Waals surface area contributed by atoms with Gasteiger partial charge in [-0.05, 0) is 12.8 Å². The standard InChI is InChI=1S/C8H12O3/c1-4-6(9)2-5-3-7(4)11-8(5)10/h4-7,9H,2-3H2,1H3. The third kappa shape index (κ3) is 0.948. The van der Waals surface area contributed by atoms with E-state index in [0.717, 1.165) is 6.42 Å². The molecule has 0 aromatic rings. The second-order valence-electron chi connectivity index (χ2n) is 3.57. The lowest BCUT2D eigenvalue weighted by Crippen LogP contribution is -2.33. The fourth-order valence-electron chi connectivity index (χ4n) is 1.94. The van der Waals surface area contributed by atoms with Crippen LogP contribution in [0.2, 0.25) is 0 Å². The normalized spacial score (nSPS) is 49.1. The van der Waals surface area contributed by atoms with E-state index in [2.05, 4.69) is 0 Å². The first-order chi connectivity index (χ1) is 5.18. The molecule has 0 aromatic carbocycles. The van der Waals surface area contributed by atoms with Crippen molar-refractivity contribution in [2.75, 3.05) is 0 Å². The van der Waals surface area contributed by atoms with Crippen molar-refractivity contribution in [3.63, 3.8) is 0 Å². The molecule has 0 amide bonds. The van der Waals surface area contributed by atoms with Gasteiger partial charge in [0.25, 0.3) is 0 Å². The maximum Gasteiger partial charge on any atom is 0.309 e. The number of fused-ring (bicyclic) bond motifs is 2. The van der Waals surface area contributed by atoms with Crippen LogP contribution in [-0.2, 0) is 9.53 Å². The molecular weight excluding hydrogens is 144 g/mol. The van der Waals surface area contributed by atoms with Crippen LogP contribution in [0, 0.1) is 11.8 Å². The number of rotatable bonds is 0. The second-order valence-corrected chi connectivity index (χ2v) is 3.57. The summed E-state index contributed by atoms with van der Waals surface area (Å²) in [6.07, 6.45) is 1.05. The van der Waals surface area contributed by atoms with Crippen molar-refractivity contribution in [2.45, 2.75) is 32.0 Å². The van der Waals surface area contributed by atoms with Crippen molar-refractivity contribution in [1.29, 1.82) is 0 Å². The molecule has 0 aromatic heterocycles.